The quantitative estimate of drug-likeness (QED) is 0.300. The number of benzene rings is 3. The molecule has 7 rings (SSSR count). The molecule has 42 heavy (non-hydrogen) atoms. The monoisotopic (exact) mass is 562 g/mol. The van der Waals surface area contributed by atoms with E-state index in [1.807, 2.05) is 52.6 Å². The van der Waals surface area contributed by atoms with Crippen molar-refractivity contribution < 1.29 is 9.13 Å². The Kier molecular flexibility index (Phi) is 5.65. The Balaban J connectivity index is 1.60. The molecule has 7 aromatic rings. The summed E-state index contributed by atoms with van der Waals surface area (Å²) < 4.78 is 30.2. The van der Waals surface area contributed by atoms with Crippen LogP contribution in [0.2, 0.25) is 0 Å². The highest BCUT2D eigenvalue weighted by Gasteiger charge is 2.23. The molecule has 0 saturated carbocycles. The molecule has 0 aliphatic heterocycles. The Morgan fingerprint density at radius 2 is 1.69 bits per heavy atom. The van der Waals surface area contributed by atoms with Gasteiger partial charge in [-0.05, 0) is 24.3 Å². The first-order valence-electron chi connectivity index (χ1n) is 13.3. The van der Waals surface area contributed by atoms with Crippen LogP contribution < -0.4 is 10.4 Å². The molecule has 4 aromatic heterocycles. The zero-order valence-electron chi connectivity index (χ0n) is 23.7. The molecule has 11 heteroatoms. The number of hydrogen-bond acceptors (Lipinski definition) is 5. The number of aromatic nitrogens is 8. The van der Waals surface area contributed by atoms with Gasteiger partial charge in [0.05, 0.1) is 53.6 Å². The number of ether oxygens (including phenoxy) is 1. The molecule has 0 fully saturated rings. The number of hydrogen-bond donors (Lipinski definition) is 0. The molecule has 0 atom stereocenters. The summed E-state index contributed by atoms with van der Waals surface area (Å²) in [6, 6.07) is 14.9. The molecule has 0 aliphatic carbocycles. The van der Waals surface area contributed by atoms with Crippen LogP contribution in [-0.2, 0) is 28.2 Å². The average Bonchev–Trinajstić information content (AvgIpc) is 3.75. The van der Waals surface area contributed by atoms with Crippen molar-refractivity contribution in [3.63, 3.8) is 0 Å². The van der Waals surface area contributed by atoms with Gasteiger partial charge in [0.1, 0.15) is 17.3 Å². The fourth-order valence-corrected chi connectivity index (χ4v) is 5.72. The first kappa shape index (κ1) is 25.5. The Morgan fingerprint density at radius 1 is 0.881 bits per heavy atom. The Labute approximate surface area is 239 Å². The Morgan fingerprint density at radius 3 is 2.40 bits per heavy atom. The molecule has 0 unspecified atom stereocenters. The van der Waals surface area contributed by atoms with Gasteiger partial charge in [0, 0.05) is 62.7 Å². The largest absolute Gasteiger partial charge is 0.496 e. The maximum Gasteiger partial charge on any atom is 0.328 e. The number of imidazole rings is 3. The van der Waals surface area contributed by atoms with Gasteiger partial charge in [-0.3, -0.25) is 18.4 Å². The maximum atomic E-state index is 15.8. The van der Waals surface area contributed by atoms with Crippen molar-refractivity contribution >= 4 is 22.1 Å². The van der Waals surface area contributed by atoms with Gasteiger partial charge >= 0.3 is 5.69 Å². The van der Waals surface area contributed by atoms with Crippen LogP contribution in [0.3, 0.4) is 0 Å². The Bertz CT molecular complexity index is 2230. The third kappa shape index (κ3) is 3.70. The topological polar surface area (TPSA) is 89.6 Å². The molecule has 0 aliphatic rings. The second-order valence-corrected chi connectivity index (χ2v) is 10.3. The molecule has 0 radical (unpaired) electrons. The lowest BCUT2D eigenvalue weighted by Gasteiger charge is -2.15. The number of fused-ring (bicyclic) bond motifs is 2. The molecule has 210 valence electrons. The minimum absolute atomic E-state index is 0.159. The van der Waals surface area contributed by atoms with Gasteiger partial charge in [0.15, 0.2) is 5.82 Å². The summed E-state index contributed by atoms with van der Waals surface area (Å²) in [7, 11) is 8.80. The van der Waals surface area contributed by atoms with E-state index in [0.717, 1.165) is 22.3 Å². The Hall–Kier alpha value is -5.45. The lowest BCUT2D eigenvalue weighted by molar-refractivity contribution is 0.416. The van der Waals surface area contributed by atoms with Crippen LogP contribution in [0.5, 0.6) is 5.75 Å². The van der Waals surface area contributed by atoms with Crippen LogP contribution in [0.15, 0.2) is 78.2 Å². The fraction of sp³-hybridized carbons (Fsp3) is 0.161. The summed E-state index contributed by atoms with van der Waals surface area (Å²) in [5, 5.41) is 4.21. The maximum absolute atomic E-state index is 15.8. The normalized spacial score (nSPS) is 11.7. The van der Waals surface area contributed by atoms with E-state index in [1.165, 1.54) is 6.07 Å². The van der Waals surface area contributed by atoms with Crippen LogP contribution in [0.4, 0.5) is 4.39 Å². The summed E-state index contributed by atoms with van der Waals surface area (Å²) in [4.78, 5) is 22.5. The van der Waals surface area contributed by atoms with Crippen molar-refractivity contribution in [3.8, 4) is 45.2 Å². The zero-order chi connectivity index (χ0) is 29.3. The lowest BCUT2D eigenvalue weighted by atomic mass is 10.0. The van der Waals surface area contributed by atoms with E-state index in [2.05, 4.69) is 10.1 Å². The van der Waals surface area contributed by atoms with Gasteiger partial charge in [0.2, 0.25) is 0 Å². The summed E-state index contributed by atoms with van der Waals surface area (Å²) in [5.74, 6) is 0.854. The van der Waals surface area contributed by atoms with Crippen molar-refractivity contribution in [2.24, 2.45) is 28.2 Å². The minimum atomic E-state index is -0.397. The number of aryl methyl sites for hydroxylation is 4. The smallest absolute Gasteiger partial charge is 0.328 e. The molecule has 4 heterocycles. The van der Waals surface area contributed by atoms with Crippen LogP contribution in [0.1, 0.15) is 0 Å². The highest BCUT2D eigenvalue weighted by atomic mass is 19.1. The van der Waals surface area contributed by atoms with Gasteiger partial charge in [-0.15, -0.1) is 0 Å². The minimum Gasteiger partial charge on any atom is -0.496 e. The van der Waals surface area contributed by atoms with Crippen LogP contribution in [-0.4, -0.2) is 45.1 Å². The lowest BCUT2D eigenvalue weighted by Crippen LogP contribution is -2.19. The van der Waals surface area contributed by atoms with E-state index in [0.29, 0.717) is 44.9 Å². The highest BCUT2D eigenvalue weighted by molar-refractivity contribution is 5.97. The van der Waals surface area contributed by atoms with Gasteiger partial charge in [-0.25, -0.2) is 19.2 Å². The van der Waals surface area contributed by atoms with Crippen LogP contribution in [0, 0.1) is 5.82 Å². The first-order chi connectivity index (χ1) is 20.3. The third-order valence-corrected chi connectivity index (χ3v) is 7.81. The van der Waals surface area contributed by atoms with Crippen molar-refractivity contribution in [1.82, 2.24) is 38.0 Å². The second-order valence-electron chi connectivity index (χ2n) is 10.3. The predicted molar refractivity (Wildman–Crippen MR) is 159 cm³/mol. The SMILES string of the molecule is COc1ccccc1-c1cc(-n2c(-c3cncn3C)nc3cc(-c4cnn(C)c4)c(F)cc32)cc2c1n(C)c(=O)n2C. The summed E-state index contributed by atoms with van der Waals surface area (Å²) in [5.41, 5.74) is 6.63. The molecule has 10 nitrogen and oxygen atoms in total. The average molecular weight is 563 g/mol. The van der Waals surface area contributed by atoms with Crippen molar-refractivity contribution in [1.29, 1.82) is 0 Å². The van der Waals surface area contributed by atoms with E-state index in [4.69, 9.17) is 9.72 Å². The van der Waals surface area contributed by atoms with E-state index in [9.17, 15) is 4.79 Å². The predicted octanol–water partition coefficient (Wildman–Crippen LogP) is 4.83. The number of para-hydroxylation sites is 1. The second kappa shape index (κ2) is 9.30. The number of rotatable bonds is 5. The standard InChI is InChI=1S/C31H27FN8O2/c1-36-17-33-15-27(36)30-35-24-12-21(18-14-34-37(2)16-18)23(32)13-25(24)40(30)19-10-22(20-8-6-7-9-28(20)42-5)29-26(11-19)38(3)31(41)39(29)4/h6-17H,1-5H3. The molecule has 0 amide bonds. The number of halogens is 1. The van der Waals surface area contributed by atoms with Gasteiger partial charge < -0.3 is 9.30 Å². The summed E-state index contributed by atoms with van der Waals surface area (Å²) in [6.45, 7) is 0. The number of nitrogens with zero attached hydrogens (tertiary/aromatic N) is 8. The van der Waals surface area contributed by atoms with E-state index in [-0.39, 0.29) is 5.69 Å². The molecule has 0 bridgehead atoms. The summed E-state index contributed by atoms with van der Waals surface area (Å²) in [6.07, 6.45) is 6.83. The first-order valence-corrected chi connectivity index (χ1v) is 13.3. The fourth-order valence-electron chi connectivity index (χ4n) is 5.72. The molecule has 0 N–H and O–H groups in total. The third-order valence-electron chi connectivity index (χ3n) is 7.81. The molecule has 0 saturated heterocycles. The van der Waals surface area contributed by atoms with E-state index >= 15 is 4.39 Å². The van der Waals surface area contributed by atoms with Crippen molar-refractivity contribution in [2.75, 3.05) is 7.11 Å². The van der Waals surface area contributed by atoms with Gasteiger partial charge in [-0.1, -0.05) is 18.2 Å². The van der Waals surface area contributed by atoms with Gasteiger partial charge in [-0.2, -0.15) is 5.10 Å². The molecular weight excluding hydrogens is 535 g/mol. The van der Waals surface area contributed by atoms with Crippen molar-refractivity contribution in [3.05, 3.63) is 89.8 Å². The highest BCUT2D eigenvalue weighted by Crippen LogP contribution is 2.39. The van der Waals surface area contributed by atoms with E-state index in [1.54, 1.807) is 73.1 Å². The van der Waals surface area contributed by atoms with Crippen LogP contribution in [0.25, 0.3) is 61.5 Å². The van der Waals surface area contributed by atoms with Crippen LogP contribution >= 0.6 is 0 Å². The van der Waals surface area contributed by atoms with Crippen molar-refractivity contribution in [2.45, 2.75) is 0 Å². The molecular formula is C31H27FN8O2. The van der Waals surface area contributed by atoms with E-state index < -0.39 is 5.82 Å². The zero-order valence-corrected chi connectivity index (χ0v) is 23.7. The molecule has 0 spiro atoms. The van der Waals surface area contributed by atoms with Gasteiger partial charge in [0.25, 0.3) is 0 Å². The molecule has 3 aromatic carbocycles. The number of methoxy groups -OCH3 is 1. The summed E-state index contributed by atoms with van der Waals surface area (Å²) >= 11 is 0.